The third-order valence-corrected chi connectivity index (χ3v) is 4.82. The zero-order valence-corrected chi connectivity index (χ0v) is 13.0. The number of aromatic nitrogens is 1. The van der Waals surface area contributed by atoms with Crippen LogP contribution in [0.4, 0.5) is 5.69 Å². The molecule has 0 aromatic carbocycles. The minimum Gasteiger partial charge on any atom is -0.370 e. The monoisotopic (exact) mass is 323 g/mol. The molecule has 0 N–H and O–H groups in total. The molecule has 3 rings (SSSR count). The first kappa shape index (κ1) is 13.4. The molecule has 3 heterocycles. The lowest BCUT2D eigenvalue weighted by molar-refractivity contribution is 0.249. The molecule has 2 aliphatic rings. The van der Waals surface area contributed by atoms with E-state index in [1.165, 1.54) is 64.1 Å². The van der Waals surface area contributed by atoms with E-state index in [4.69, 9.17) is 0 Å². The number of nitrogens with zero attached hydrogens (tertiary/aromatic N) is 3. The van der Waals surface area contributed by atoms with Crippen LogP contribution < -0.4 is 4.90 Å². The molecule has 0 spiro atoms. The molecule has 0 saturated carbocycles. The number of hydrogen-bond acceptors (Lipinski definition) is 3. The van der Waals surface area contributed by atoms with Gasteiger partial charge in [-0.05, 0) is 66.7 Å². The Bertz CT molecular complexity index is 410. The van der Waals surface area contributed by atoms with Gasteiger partial charge in [0.15, 0.2) is 0 Å². The van der Waals surface area contributed by atoms with Crippen LogP contribution in [-0.2, 0) is 0 Å². The Labute approximate surface area is 124 Å². The number of hydrogen-bond donors (Lipinski definition) is 0. The third kappa shape index (κ3) is 3.48. The van der Waals surface area contributed by atoms with Gasteiger partial charge in [-0.3, -0.25) is 4.98 Å². The number of likely N-dealkylation sites (tertiary alicyclic amines) is 1. The van der Waals surface area contributed by atoms with Gasteiger partial charge in [0.05, 0.1) is 11.9 Å². The van der Waals surface area contributed by atoms with E-state index >= 15 is 0 Å². The van der Waals surface area contributed by atoms with Gasteiger partial charge in [-0.1, -0.05) is 0 Å². The molecule has 2 fully saturated rings. The fourth-order valence-electron chi connectivity index (χ4n) is 3.28. The summed E-state index contributed by atoms with van der Waals surface area (Å²) in [5.74, 6) is 0.898. The topological polar surface area (TPSA) is 19.4 Å². The Balaban J connectivity index is 1.51. The third-order valence-electron chi connectivity index (χ3n) is 4.39. The van der Waals surface area contributed by atoms with E-state index < -0.39 is 0 Å². The van der Waals surface area contributed by atoms with E-state index in [1.807, 2.05) is 12.4 Å². The minimum absolute atomic E-state index is 0.898. The van der Waals surface area contributed by atoms with E-state index in [0.29, 0.717) is 0 Å². The summed E-state index contributed by atoms with van der Waals surface area (Å²) < 4.78 is 1.07. The van der Waals surface area contributed by atoms with Crippen molar-refractivity contribution in [3.63, 3.8) is 0 Å². The van der Waals surface area contributed by atoms with Gasteiger partial charge in [-0.2, -0.15) is 0 Å². The summed E-state index contributed by atoms with van der Waals surface area (Å²) in [5.41, 5.74) is 1.26. The van der Waals surface area contributed by atoms with Crippen LogP contribution in [0.2, 0.25) is 0 Å². The second kappa shape index (κ2) is 6.23. The van der Waals surface area contributed by atoms with Gasteiger partial charge in [0.25, 0.3) is 0 Å². The van der Waals surface area contributed by atoms with Gasteiger partial charge in [0.2, 0.25) is 0 Å². The first-order chi connectivity index (χ1) is 9.31. The van der Waals surface area contributed by atoms with Crippen LogP contribution >= 0.6 is 15.9 Å². The van der Waals surface area contributed by atoms with Gasteiger partial charge >= 0.3 is 0 Å². The Hall–Kier alpha value is -0.610. The minimum atomic E-state index is 0.898. The first-order valence-electron chi connectivity index (χ1n) is 7.39. The summed E-state index contributed by atoms with van der Waals surface area (Å²) in [6.07, 6.45) is 9.28. The maximum absolute atomic E-state index is 4.26. The van der Waals surface area contributed by atoms with Crippen molar-refractivity contribution in [1.82, 2.24) is 9.88 Å². The van der Waals surface area contributed by atoms with Crippen molar-refractivity contribution >= 4 is 21.6 Å². The predicted molar refractivity (Wildman–Crippen MR) is 82.5 cm³/mol. The summed E-state index contributed by atoms with van der Waals surface area (Å²) in [6, 6.07) is 2.17. The Kier molecular flexibility index (Phi) is 4.38. The van der Waals surface area contributed by atoms with Crippen molar-refractivity contribution in [3.05, 3.63) is 22.9 Å². The highest BCUT2D eigenvalue weighted by Crippen LogP contribution is 2.25. The summed E-state index contributed by atoms with van der Waals surface area (Å²) in [4.78, 5) is 9.39. The molecule has 0 radical (unpaired) electrons. The largest absolute Gasteiger partial charge is 0.370 e. The molecule has 1 aromatic rings. The second-order valence-corrected chi connectivity index (χ2v) is 6.72. The van der Waals surface area contributed by atoms with Gasteiger partial charge in [-0.25, -0.2) is 0 Å². The lowest BCUT2D eigenvalue weighted by Crippen LogP contribution is -2.38. The van der Waals surface area contributed by atoms with Crippen molar-refractivity contribution in [2.75, 3.05) is 37.6 Å². The van der Waals surface area contributed by atoms with Crippen LogP contribution in [-0.4, -0.2) is 42.6 Å². The highest BCUT2D eigenvalue weighted by molar-refractivity contribution is 9.10. The van der Waals surface area contributed by atoms with Gasteiger partial charge < -0.3 is 9.80 Å². The Morgan fingerprint density at radius 3 is 2.53 bits per heavy atom. The lowest BCUT2D eigenvalue weighted by atomic mass is 9.96. The smallest absolute Gasteiger partial charge is 0.0564 e. The van der Waals surface area contributed by atoms with E-state index in [9.17, 15) is 0 Å². The highest BCUT2D eigenvalue weighted by atomic mass is 79.9. The van der Waals surface area contributed by atoms with Crippen molar-refractivity contribution < 1.29 is 0 Å². The molecule has 0 atom stereocenters. The lowest BCUT2D eigenvalue weighted by Gasteiger charge is -2.35. The molecule has 104 valence electrons. The van der Waals surface area contributed by atoms with E-state index in [-0.39, 0.29) is 0 Å². The maximum Gasteiger partial charge on any atom is 0.0564 e. The number of rotatable bonds is 3. The van der Waals surface area contributed by atoms with Crippen LogP contribution in [0.15, 0.2) is 22.9 Å². The quantitative estimate of drug-likeness (QED) is 0.851. The summed E-state index contributed by atoms with van der Waals surface area (Å²) >= 11 is 3.50. The molecule has 0 unspecified atom stereocenters. The SMILES string of the molecule is Brc1cncc(N2CCC(CN3CCCC3)CC2)c1. The van der Waals surface area contributed by atoms with E-state index in [2.05, 4.69) is 36.8 Å². The van der Waals surface area contributed by atoms with Crippen molar-refractivity contribution in [1.29, 1.82) is 0 Å². The number of anilines is 1. The highest BCUT2D eigenvalue weighted by Gasteiger charge is 2.23. The van der Waals surface area contributed by atoms with Crippen LogP contribution in [0.3, 0.4) is 0 Å². The summed E-state index contributed by atoms with van der Waals surface area (Å²) in [6.45, 7) is 6.34. The van der Waals surface area contributed by atoms with Crippen molar-refractivity contribution in [3.8, 4) is 0 Å². The van der Waals surface area contributed by atoms with Crippen molar-refractivity contribution in [2.45, 2.75) is 25.7 Å². The van der Waals surface area contributed by atoms with Crippen LogP contribution in [0.5, 0.6) is 0 Å². The first-order valence-corrected chi connectivity index (χ1v) is 8.18. The molecule has 1 aromatic heterocycles. The Morgan fingerprint density at radius 2 is 1.84 bits per heavy atom. The molecule has 0 aliphatic carbocycles. The van der Waals surface area contributed by atoms with E-state index in [1.54, 1.807) is 0 Å². The molecule has 2 aliphatic heterocycles. The fourth-order valence-corrected chi connectivity index (χ4v) is 3.63. The predicted octanol–water partition coefficient (Wildman–Crippen LogP) is 3.16. The van der Waals surface area contributed by atoms with Crippen LogP contribution in [0.25, 0.3) is 0 Å². The molecule has 0 amide bonds. The second-order valence-electron chi connectivity index (χ2n) is 5.80. The number of halogens is 1. The molecular weight excluding hydrogens is 302 g/mol. The molecule has 0 bridgehead atoms. The molecule has 4 heteroatoms. The molecule has 19 heavy (non-hydrogen) atoms. The standard InChI is InChI=1S/C15H22BrN3/c16-14-9-15(11-17-10-14)19-7-3-13(4-8-19)12-18-5-1-2-6-18/h9-11,13H,1-8,12H2. The fraction of sp³-hybridized carbons (Fsp3) is 0.667. The average molecular weight is 324 g/mol. The van der Waals surface area contributed by atoms with Crippen LogP contribution in [0.1, 0.15) is 25.7 Å². The molecule has 2 saturated heterocycles. The van der Waals surface area contributed by atoms with Gasteiger partial charge in [0.1, 0.15) is 0 Å². The number of piperidine rings is 1. The van der Waals surface area contributed by atoms with Gasteiger partial charge in [-0.15, -0.1) is 0 Å². The normalized spacial score (nSPS) is 22.1. The molecule has 3 nitrogen and oxygen atoms in total. The van der Waals surface area contributed by atoms with Crippen LogP contribution in [0, 0.1) is 5.92 Å². The molecular formula is C15H22BrN3. The van der Waals surface area contributed by atoms with E-state index in [0.717, 1.165) is 10.4 Å². The van der Waals surface area contributed by atoms with Gasteiger partial charge in [0, 0.05) is 30.3 Å². The summed E-state index contributed by atoms with van der Waals surface area (Å²) in [7, 11) is 0. The zero-order valence-electron chi connectivity index (χ0n) is 11.4. The summed E-state index contributed by atoms with van der Waals surface area (Å²) in [5, 5.41) is 0. The van der Waals surface area contributed by atoms with Crippen molar-refractivity contribution in [2.24, 2.45) is 5.92 Å². The average Bonchev–Trinajstić information content (AvgIpc) is 2.92. The maximum atomic E-state index is 4.26. The Morgan fingerprint density at radius 1 is 1.11 bits per heavy atom. The zero-order chi connectivity index (χ0) is 13.1. The number of pyridine rings is 1.